The molecule has 0 saturated carbocycles. The van der Waals surface area contributed by atoms with Crippen LogP contribution in [0.1, 0.15) is 40.0 Å². The first-order chi connectivity index (χ1) is 7.14. The number of thiocarbonyl (C=S) groups is 1. The van der Waals surface area contributed by atoms with Crippen molar-refractivity contribution in [3.63, 3.8) is 0 Å². The molecule has 0 unspecified atom stereocenters. The third-order valence-electron chi connectivity index (χ3n) is 2.83. The van der Waals surface area contributed by atoms with E-state index in [1.165, 1.54) is 12.8 Å². The molecule has 0 amide bonds. The Labute approximate surface area is 104 Å². The van der Waals surface area contributed by atoms with E-state index in [4.69, 9.17) is 12.2 Å². The average Bonchev–Trinajstić information content (AvgIpc) is 2.29. The molecule has 0 fully saturated rings. The van der Waals surface area contributed by atoms with Crippen molar-refractivity contribution in [1.29, 1.82) is 0 Å². The average molecular weight is 248 g/mol. The molecular formula is C11H24N2S2. The third kappa shape index (κ3) is 5.61. The molecule has 0 aliphatic carbocycles. The van der Waals surface area contributed by atoms with Crippen LogP contribution < -0.4 is 10.6 Å². The predicted molar refractivity (Wildman–Crippen MR) is 75.7 cm³/mol. The van der Waals surface area contributed by atoms with Crippen LogP contribution in [0, 0.1) is 0 Å². The highest BCUT2D eigenvalue weighted by Gasteiger charge is 2.24. The number of thioether (sulfide) groups is 1. The lowest BCUT2D eigenvalue weighted by Gasteiger charge is -2.30. The van der Waals surface area contributed by atoms with Crippen LogP contribution in [-0.4, -0.2) is 29.2 Å². The molecule has 15 heavy (non-hydrogen) atoms. The van der Waals surface area contributed by atoms with E-state index in [9.17, 15) is 0 Å². The molecule has 0 spiro atoms. The Morgan fingerprint density at radius 3 is 2.20 bits per heavy atom. The maximum Gasteiger partial charge on any atom is 0.166 e. The summed E-state index contributed by atoms with van der Waals surface area (Å²) in [4.78, 5) is 0. The van der Waals surface area contributed by atoms with Crippen molar-refractivity contribution in [3.05, 3.63) is 0 Å². The van der Waals surface area contributed by atoms with Gasteiger partial charge in [-0.05, 0) is 37.7 Å². The SMILES string of the molecule is CCCNC(=S)NCC(CC)(CC)SC. The van der Waals surface area contributed by atoms with Crippen molar-refractivity contribution in [1.82, 2.24) is 10.6 Å². The lowest BCUT2D eigenvalue weighted by Crippen LogP contribution is -2.44. The summed E-state index contributed by atoms with van der Waals surface area (Å²) in [5.41, 5.74) is 0. The van der Waals surface area contributed by atoms with Crippen LogP contribution in [-0.2, 0) is 0 Å². The minimum absolute atomic E-state index is 0.331. The molecule has 0 atom stereocenters. The second kappa shape index (κ2) is 8.22. The van der Waals surface area contributed by atoms with Gasteiger partial charge in [-0.25, -0.2) is 0 Å². The van der Waals surface area contributed by atoms with E-state index in [0.717, 1.165) is 24.6 Å². The van der Waals surface area contributed by atoms with Crippen LogP contribution in [0.4, 0.5) is 0 Å². The standard InChI is InChI=1S/C11H24N2S2/c1-5-8-12-10(14)13-9-11(6-2,7-3)15-4/h5-9H2,1-4H3,(H2,12,13,14). The van der Waals surface area contributed by atoms with Gasteiger partial charge < -0.3 is 10.6 Å². The van der Waals surface area contributed by atoms with Gasteiger partial charge in [-0.2, -0.15) is 11.8 Å². The van der Waals surface area contributed by atoms with Crippen molar-refractivity contribution in [3.8, 4) is 0 Å². The summed E-state index contributed by atoms with van der Waals surface area (Å²) in [6, 6.07) is 0. The fraction of sp³-hybridized carbons (Fsp3) is 0.909. The molecule has 0 aromatic carbocycles. The molecule has 4 heteroatoms. The Morgan fingerprint density at radius 1 is 1.20 bits per heavy atom. The largest absolute Gasteiger partial charge is 0.363 e. The molecule has 0 saturated heterocycles. The number of hydrogen-bond donors (Lipinski definition) is 2. The number of rotatable bonds is 7. The lowest BCUT2D eigenvalue weighted by atomic mass is 10.0. The predicted octanol–water partition coefficient (Wildman–Crippen LogP) is 2.78. The van der Waals surface area contributed by atoms with Crippen LogP contribution in [0.25, 0.3) is 0 Å². The van der Waals surface area contributed by atoms with Gasteiger partial charge in [0.2, 0.25) is 0 Å². The fourth-order valence-corrected chi connectivity index (χ4v) is 2.37. The number of hydrogen-bond acceptors (Lipinski definition) is 2. The van der Waals surface area contributed by atoms with E-state index in [2.05, 4.69) is 37.7 Å². The molecule has 0 aliphatic rings. The molecule has 2 nitrogen and oxygen atoms in total. The third-order valence-corrected chi connectivity index (χ3v) is 4.70. The first-order valence-electron chi connectivity index (χ1n) is 5.71. The monoisotopic (exact) mass is 248 g/mol. The molecule has 0 aromatic heterocycles. The van der Waals surface area contributed by atoms with E-state index in [0.29, 0.717) is 4.75 Å². The Bertz CT molecular complexity index is 171. The van der Waals surface area contributed by atoms with Crippen molar-refractivity contribution in [2.75, 3.05) is 19.3 Å². The van der Waals surface area contributed by atoms with Crippen LogP contribution in [0.2, 0.25) is 0 Å². The normalized spacial score (nSPS) is 11.2. The van der Waals surface area contributed by atoms with Crippen molar-refractivity contribution in [2.45, 2.75) is 44.8 Å². The second-order valence-corrected chi connectivity index (χ2v) is 5.39. The van der Waals surface area contributed by atoms with Gasteiger partial charge in [0.25, 0.3) is 0 Å². The molecule has 0 rings (SSSR count). The molecule has 0 heterocycles. The van der Waals surface area contributed by atoms with Crippen molar-refractivity contribution >= 4 is 29.1 Å². The van der Waals surface area contributed by atoms with Gasteiger partial charge in [0, 0.05) is 17.8 Å². The van der Waals surface area contributed by atoms with E-state index in [1.807, 2.05) is 11.8 Å². The van der Waals surface area contributed by atoms with Crippen LogP contribution >= 0.6 is 24.0 Å². The quantitative estimate of drug-likeness (QED) is 0.677. The van der Waals surface area contributed by atoms with Crippen molar-refractivity contribution < 1.29 is 0 Å². The van der Waals surface area contributed by atoms with Crippen LogP contribution in [0.5, 0.6) is 0 Å². The van der Waals surface area contributed by atoms with Gasteiger partial charge in [0.1, 0.15) is 0 Å². The number of nitrogens with one attached hydrogen (secondary N) is 2. The Morgan fingerprint density at radius 2 is 1.80 bits per heavy atom. The Hall–Kier alpha value is 0.0400. The van der Waals surface area contributed by atoms with Gasteiger partial charge in [-0.3, -0.25) is 0 Å². The highest BCUT2D eigenvalue weighted by atomic mass is 32.2. The second-order valence-electron chi connectivity index (χ2n) is 3.70. The maximum absolute atomic E-state index is 5.20. The Balaban J connectivity index is 3.93. The molecular weight excluding hydrogens is 224 g/mol. The summed E-state index contributed by atoms with van der Waals surface area (Å²) in [6.45, 7) is 8.53. The van der Waals surface area contributed by atoms with Gasteiger partial charge in [0.15, 0.2) is 5.11 Å². The summed E-state index contributed by atoms with van der Waals surface area (Å²) in [6.07, 6.45) is 5.64. The van der Waals surface area contributed by atoms with Gasteiger partial charge in [-0.1, -0.05) is 20.8 Å². The molecule has 0 aromatic rings. The summed E-state index contributed by atoms with van der Waals surface area (Å²) in [7, 11) is 0. The molecule has 0 aliphatic heterocycles. The summed E-state index contributed by atoms with van der Waals surface area (Å²) < 4.78 is 0.331. The highest BCUT2D eigenvalue weighted by molar-refractivity contribution is 8.00. The lowest BCUT2D eigenvalue weighted by molar-refractivity contribution is 0.535. The van der Waals surface area contributed by atoms with Gasteiger partial charge >= 0.3 is 0 Å². The van der Waals surface area contributed by atoms with Gasteiger partial charge in [0.05, 0.1) is 0 Å². The Kier molecular flexibility index (Phi) is 8.24. The van der Waals surface area contributed by atoms with Crippen molar-refractivity contribution in [2.24, 2.45) is 0 Å². The summed E-state index contributed by atoms with van der Waals surface area (Å²) in [5.74, 6) is 0. The van der Waals surface area contributed by atoms with E-state index in [1.54, 1.807) is 0 Å². The maximum atomic E-state index is 5.20. The van der Waals surface area contributed by atoms with Gasteiger partial charge in [-0.15, -0.1) is 0 Å². The molecule has 0 radical (unpaired) electrons. The fourth-order valence-electron chi connectivity index (χ4n) is 1.40. The first-order valence-corrected chi connectivity index (χ1v) is 7.34. The topological polar surface area (TPSA) is 24.1 Å². The smallest absolute Gasteiger partial charge is 0.166 e. The summed E-state index contributed by atoms with van der Waals surface area (Å²) >= 11 is 7.13. The molecule has 2 N–H and O–H groups in total. The zero-order chi connectivity index (χ0) is 11.7. The highest BCUT2D eigenvalue weighted by Crippen LogP contribution is 2.29. The zero-order valence-corrected chi connectivity index (χ0v) is 12.0. The first kappa shape index (κ1) is 15.0. The summed E-state index contributed by atoms with van der Waals surface area (Å²) in [5, 5.41) is 7.29. The minimum Gasteiger partial charge on any atom is -0.363 e. The van der Waals surface area contributed by atoms with E-state index in [-0.39, 0.29) is 0 Å². The minimum atomic E-state index is 0.331. The molecule has 0 bridgehead atoms. The van der Waals surface area contributed by atoms with Crippen LogP contribution in [0.3, 0.4) is 0 Å². The van der Waals surface area contributed by atoms with E-state index >= 15 is 0 Å². The molecule has 90 valence electrons. The zero-order valence-electron chi connectivity index (χ0n) is 10.4. The van der Waals surface area contributed by atoms with Crippen LogP contribution in [0.15, 0.2) is 0 Å². The van der Waals surface area contributed by atoms with E-state index < -0.39 is 0 Å².